The average Bonchev–Trinajstić information content (AvgIpc) is 3.08. The molecule has 4 heterocycles. The quantitative estimate of drug-likeness (QED) is 0.304. The molecule has 0 spiro atoms. The van der Waals surface area contributed by atoms with Gasteiger partial charge in [0.15, 0.2) is 0 Å². The Kier molecular flexibility index (Phi) is 9.95. The number of amides is 4. The lowest BCUT2D eigenvalue weighted by atomic mass is 9.89. The highest BCUT2D eigenvalue weighted by Crippen LogP contribution is 2.35. The first-order valence-corrected chi connectivity index (χ1v) is 17.3. The number of fused-ring (bicyclic) bond motifs is 1. The van der Waals surface area contributed by atoms with E-state index in [0.717, 1.165) is 36.1 Å². The van der Waals surface area contributed by atoms with Crippen LogP contribution in [0, 0.1) is 0 Å². The molecule has 0 aliphatic carbocycles. The summed E-state index contributed by atoms with van der Waals surface area (Å²) in [4.78, 5) is 50.9. The average molecular weight is 755 g/mol. The summed E-state index contributed by atoms with van der Waals surface area (Å²) in [6, 6.07) is 13.9. The summed E-state index contributed by atoms with van der Waals surface area (Å²) in [5.41, 5.74) is 3.90. The molecule has 1 aromatic heterocycles. The van der Waals surface area contributed by atoms with Crippen molar-refractivity contribution in [1.29, 1.82) is 0 Å². The van der Waals surface area contributed by atoms with E-state index in [9.17, 15) is 19.5 Å². The number of likely N-dealkylation sites (tertiary alicyclic amines) is 1. The van der Waals surface area contributed by atoms with Gasteiger partial charge in [0.2, 0.25) is 11.8 Å². The lowest BCUT2D eigenvalue weighted by molar-refractivity contribution is -0.146. The van der Waals surface area contributed by atoms with Crippen molar-refractivity contribution in [2.75, 3.05) is 32.0 Å². The number of phenolic OH excluding ortho intramolecular Hbond substituents is 1. The molecular weight excluding hydrogens is 716 g/mol. The number of rotatable bonds is 7. The van der Waals surface area contributed by atoms with Gasteiger partial charge in [0.1, 0.15) is 11.8 Å². The Bertz CT molecular complexity index is 1580. The van der Waals surface area contributed by atoms with Crippen molar-refractivity contribution in [3.05, 3.63) is 86.6 Å². The van der Waals surface area contributed by atoms with Gasteiger partial charge in [0.05, 0.1) is 15.0 Å². The third kappa shape index (κ3) is 6.94. The number of piperidine rings is 2. The number of nitrogens with zero attached hydrogens (tertiary/aromatic N) is 4. The number of halogens is 2. The predicted molar refractivity (Wildman–Crippen MR) is 182 cm³/mol. The molecule has 0 bridgehead atoms. The molecule has 0 radical (unpaired) electrons. The molecule has 242 valence electrons. The van der Waals surface area contributed by atoms with Crippen LogP contribution in [0.1, 0.15) is 48.3 Å². The number of pyridine rings is 1. The molecule has 2 unspecified atom stereocenters. The predicted octanol–water partition coefficient (Wildman–Crippen LogP) is 5.26. The lowest BCUT2D eigenvalue weighted by Crippen LogP contribution is -2.59. The normalized spacial score (nSPS) is 20.9. The largest absolute Gasteiger partial charge is 0.506 e. The van der Waals surface area contributed by atoms with E-state index in [1.807, 2.05) is 46.2 Å². The van der Waals surface area contributed by atoms with E-state index in [-0.39, 0.29) is 36.1 Å². The number of anilines is 1. The molecule has 3 aromatic rings. The molecule has 3 aliphatic rings. The summed E-state index contributed by atoms with van der Waals surface area (Å²) in [5.74, 6) is 0.167. The summed E-state index contributed by atoms with van der Waals surface area (Å²) in [5, 5.41) is 16.6. The van der Waals surface area contributed by atoms with Crippen molar-refractivity contribution in [3.8, 4) is 5.75 Å². The number of likely N-dealkylation sites (N-methyl/N-ethyl adjacent to an activating group) is 1. The topological polar surface area (TPSA) is 118 Å². The van der Waals surface area contributed by atoms with Gasteiger partial charge >= 0.3 is 6.03 Å². The van der Waals surface area contributed by atoms with Crippen LogP contribution in [0.2, 0.25) is 0 Å². The van der Waals surface area contributed by atoms with Crippen LogP contribution in [-0.2, 0) is 22.6 Å². The first-order valence-electron chi connectivity index (χ1n) is 15.7. The van der Waals surface area contributed by atoms with Crippen LogP contribution in [-0.4, -0.2) is 87.4 Å². The maximum atomic E-state index is 14.3. The first kappa shape index (κ1) is 32.5. The van der Waals surface area contributed by atoms with Gasteiger partial charge in [-0.25, -0.2) is 4.79 Å². The Labute approximate surface area is 285 Å². The van der Waals surface area contributed by atoms with Crippen molar-refractivity contribution in [1.82, 2.24) is 25.0 Å². The number of phenols is 1. The standard InChI is InChI=1S/C34H38Br2N6O4/c1-40(32(44)29-19-25(8-13-38-29)42-20-24-4-2-3-5-28(24)39-34(42)46)30(18-21-16-26(35)31(43)27(36)17-21)33(45)41-14-9-23(10-15-41)22-6-11-37-12-7-22/h2-7,11-12,16-17,23,25,29-30,38,43H,8-10,13-15,18-20H2,1H3,(H,39,46)/t25?,29?,30-/m1/s1. The van der Waals surface area contributed by atoms with Crippen molar-refractivity contribution in [3.63, 3.8) is 0 Å². The molecule has 10 nitrogen and oxygen atoms in total. The minimum Gasteiger partial charge on any atom is -0.506 e. The Balaban J connectivity index is 1.19. The molecule has 2 fully saturated rings. The van der Waals surface area contributed by atoms with Crippen molar-refractivity contribution in [2.24, 2.45) is 0 Å². The first-order chi connectivity index (χ1) is 22.2. The zero-order chi connectivity index (χ0) is 32.4. The number of aromatic hydroxyl groups is 1. The summed E-state index contributed by atoms with van der Waals surface area (Å²) in [7, 11) is 1.70. The van der Waals surface area contributed by atoms with Gasteiger partial charge in [-0.2, -0.15) is 0 Å². The molecule has 46 heavy (non-hydrogen) atoms. The second-order valence-corrected chi connectivity index (χ2v) is 14.1. The smallest absolute Gasteiger partial charge is 0.322 e. The van der Waals surface area contributed by atoms with Crippen LogP contribution in [0.25, 0.3) is 0 Å². The molecule has 4 amide bonds. The summed E-state index contributed by atoms with van der Waals surface area (Å²) >= 11 is 6.82. The highest BCUT2D eigenvalue weighted by atomic mass is 79.9. The van der Waals surface area contributed by atoms with Gasteiger partial charge in [-0.05, 0) is 117 Å². The molecular formula is C34H38Br2N6O4. The number of hydrogen-bond donors (Lipinski definition) is 3. The zero-order valence-corrected chi connectivity index (χ0v) is 28.8. The Hall–Kier alpha value is -3.48. The van der Waals surface area contributed by atoms with Crippen molar-refractivity contribution in [2.45, 2.75) is 62.7 Å². The van der Waals surface area contributed by atoms with Crippen LogP contribution in [0.3, 0.4) is 0 Å². The van der Waals surface area contributed by atoms with Crippen LogP contribution in [0.15, 0.2) is 69.9 Å². The van der Waals surface area contributed by atoms with Crippen LogP contribution in [0.4, 0.5) is 10.5 Å². The molecule has 6 rings (SSSR count). The van der Waals surface area contributed by atoms with E-state index < -0.39 is 12.1 Å². The Morgan fingerprint density at radius 3 is 2.48 bits per heavy atom. The van der Waals surface area contributed by atoms with E-state index in [0.29, 0.717) is 47.5 Å². The monoisotopic (exact) mass is 752 g/mol. The highest BCUT2D eigenvalue weighted by molar-refractivity contribution is 9.11. The number of nitrogens with one attached hydrogen (secondary N) is 2. The van der Waals surface area contributed by atoms with Gasteiger partial charge in [-0.3, -0.25) is 14.6 Å². The molecule has 2 saturated heterocycles. The van der Waals surface area contributed by atoms with Gasteiger partial charge in [0, 0.05) is 57.2 Å². The van der Waals surface area contributed by atoms with Gasteiger partial charge in [-0.1, -0.05) is 18.2 Å². The number of aromatic nitrogens is 1. The van der Waals surface area contributed by atoms with Gasteiger partial charge in [0.25, 0.3) is 0 Å². The molecule has 0 saturated carbocycles. The summed E-state index contributed by atoms with van der Waals surface area (Å²) in [6.45, 7) is 2.27. The zero-order valence-electron chi connectivity index (χ0n) is 25.7. The maximum absolute atomic E-state index is 14.3. The molecule has 2 aromatic carbocycles. The minimum atomic E-state index is -0.749. The van der Waals surface area contributed by atoms with Crippen LogP contribution >= 0.6 is 31.9 Å². The van der Waals surface area contributed by atoms with E-state index in [1.54, 1.807) is 36.5 Å². The number of hydrogen-bond acceptors (Lipinski definition) is 6. The Morgan fingerprint density at radius 1 is 1.07 bits per heavy atom. The lowest BCUT2D eigenvalue weighted by Gasteiger charge is -2.42. The second-order valence-electron chi connectivity index (χ2n) is 12.4. The Morgan fingerprint density at radius 2 is 1.76 bits per heavy atom. The highest BCUT2D eigenvalue weighted by Gasteiger charge is 2.39. The number of carbonyl (C=O) groups is 3. The summed E-state index contributed by atoms with van der Waals surface area (Å²) < 4.78 is 1.02. The van der Waals surface area contributed by atoms with E-state index in [2.05, 4.69) is 47.5 Å². The second kappa shape index (κ2) is 14.1. The summed E-state index contributed by atoms with van der Waals surface area (Å²) in [6.07, 6.45) is 6.74. The fraction of sp³-hybridized carbons (Fsp3) is 0.412. The minimum absolute atomic E-state index is 0.0797. The van der Waals surface area contributed by atoms with Crippen LogP contribution in [0.5, 0.6) is 5.75 Å². The number of para-hydroxylation sites is 1. The van der Waals surface area contributed by atoms with Gasteiger partial charge < -0.3 is 30.4 Å². The van der Waals surface area contributed by atoms with E-state index >= 15 is 0 Å². The van der Waals surface area contributed by atoms with Gasteiger partial charge in [-0.15, -0.1) is 0 Å². The van der Waals surface area contributed by atoms with Crippen molar-refractivity contribution < 1.29 is 19.5 Å². The van der Waals surface area contributed by atoms with Crippen LogP contribution < -0.4 is 10.6 Å². The van der Waals surface area contributed by atoms with Crippen molar-refractivity contribution >= 4 is 55.4 Å². The number of urea groups is 1. The number of carbonyl (C=O) groups excluding carboxylic acids is 3. The molecule has 3 atom stereocenters. The third-order valence-electron chi connectivity index (χ3n) is 9.57. The fourth-order valence-electron chi connectivity index (χ4n) is 6.91. The molecule has 3 N–H and O–H groups in total. The SMILES string of the molecule is CN(C(=O)C1CC(N2Cc3ccccc3NC2=O)CCN1)[C@H](Cc1cc(Br)c(O)c(Br)c1)C(=O)N1CCC(c2ccncc2)CC1. The number of benzene rings is 2. The van der Waals surface area contributed by atoms with E-state index in [4.69, 9.17) is 0 Å². The third-order valence-corrected chi connectivity index (χ3v) is 10.8. The maximum Gasteiger partial charge on any atom is 0.322 e. The molecule has 3 aliphatic heterocycles. The fourth-order valence-corrected chi connectivity index (χ4v) is 8.20. The van der Waals surface area contributed by atoms with E-state index in [1.165, 1.54) is 5.56 Å². The molecule has 12 heteroatoms.